The van der Waals surface area contributed by atoms with E-state index in [1.807, 2.05) is 38.1 Å². The molecule has 7 heteroatoms. The van der Waals surface area contributed by atoms with E-state index >= 15 is 0 Å². The Morgan fingerprint density at radius 2 is 0.970 bits per heavy atom. The zero-order chi connectivity index (χ0) is 47.4. The van der Waals surface area contributed by atoms with E-state index in [-0.39, 0.29) is 11.5 Å². The summed E-state index contributed by atoms with van der Waals surface area (Å²) in [6.45, 7) is 21.7. The van der Waals surface area contributed by atoms with E-state index in [4.69, 9.17) is 19.4 Å². The standard InChI is InChI=1S/C59H87N3O4/c1-10-16-21-23-30-46(28-19-13-4)40-65-53-36-34-49(57(63)42(53)7)55-44(9)56(51-39-62(38-45(15-6)27-18-12-3)52-33-26-25-32-48(51)52)61-59(60-55)50-35-37-54(43(8)58(50)64)66-41-47(29-20-14-5)31-24-22-17-11-2/h25-26,32-37,39,45-47,63-64H,10-24,27-31,38,40-41H2,1-9H3. The number of benzene rings is 3. The number of ether oxygens (including phenoxy) is 2. The van der Waals surface area contributed by atoms with Gasteiger partial charge in [0.05, 0.1) is 30.2 Å². The van der Waals surface area contributed by atoms with Crippen LogP contribution >= 0.6 is 0 Å². The van der Waals surface area contributed by atoms with Crippen molar-refractivity contribution >= 4 is 10.9 Å². The van der Waals surface area contributed by atoms with Crippen LogP contribution in [0.1, 0.15) is 187 Å². The maximum atomic E-state index is 12.1. The molecule has 3 atom stereocenters. The van der Waals surface area contributed by atoms with Gasteiger partial charge in [0, 0.05) is 51.5 Å². The van der Waals surface area contributed by atoms with Gasteiger partial charge in [-0.05, 0) is 101 Å². The number of phenols is 2. The van der Waals surface area contributed by atoms with Crippen molar-refractivity contribution in [2.45, 2.75) is 197 Å². The molecule has 2 heterocycles. The zero-order valence-corrected chi connectivity index (χ0v) is 42.7. The number of rotatable bonds is 31. The molecule has 0 amide bonds. The van der Waals surface area contributed by atoms with Gasteiger partial charge in [0.1, 0.15) is 23.0 Å². The van der Waals surface area contributed by atoms with Crippen molar-refractivity contribution in [2.24, 2.45) is 17.8 Å². The van der Waals surface area contributed by atoms with Crippen LogP contribution in [0.5, 0.6) is 23.0 Å². The van der Waals surface area contributed by atoms with Crippen molar-refractivity contribution < 1.29 is 19.7 Å². The highest BCUT2D eigenvalue weighted by molar-refractivity contribution is 5.97. The first-order chi connectivity index (χ1) is 32.1. The predicted octanol–water partition coefficient (Wildman–Crippen LogP) is 17.3. The SMILES string of the molecule is CCCCCCC(CCCC)COc1ccc(-c2nc(-c3ccc(OCC(CCCC)CCCCCC)c(C)c3O)c(C)c(-c3cn(CC(CC)CCCC)c4ccccc34)n2)c(O)c1C. The minimum Gasteiger partial charge on any atom is -0.507 e. The van der Waals surface area contributed by atoms with Crippen LogP contribution in [-0.2, 0) is 6.54 Å². The van der Waals surface area contributed by atoms with Gasteiger partial charge in [-0.1, -0.05) is 156 Å². The number of hydrogen-bond acceptors (Lipinski definition) is 6. The van der Waals surface area contributed by atoms with Crippen LogP contribution < -0.4 is 9.47 Å². The number of aromatic hydroxyl groups is 2. The summed E-state index contributed by atoms with van der Waals surface area (Å²) in [5.74, 6) is 3.61. The monoisotopic (exact) mass is 902 g/mol. The number of unbranched alkanes of at least 4 members (excludes halogenated alkanes) is 9. The molecule has 0 bridgehead atoms. The van der Waals surface area contributed by atoms with Crippen molar-refractivity contribution in [3.8, 4) is 56.9 Å². The fraction of sp³-hybridized carbons (Fsp3) is 0.593. The predicted molar refractivity (Wildman–Crippen MR) is 279 cm³/mol. The van der Waals surface area contributed by atoms with Crippen LogP contribution in [0.3, 0.4) is 0 Å². The van der Waals surface area contributed by atoms with E-state index in [9.17, 15) is 10.2 Å². The maximum Gasteiger partial charge on any atom is 0.164 e. The summed E-state index contributed by atoms with van der Waals surface area (Å²) in [5, 5.41) is 25.3. The molecule has 362 valence electrons. The van der Waals surface area contributed by atoms with E-state index in [0.29, 0.717) is 76.2 Å². The smallest absolute Gasteiger partial charge is 0.164 e. The Morgan fingerprint density at radius 3 is 1.50 bits per heavy atom. The van der Waals surface area contributed by atoms with Crippen LogP contribution in [0, 0.1) is 38.5 Å². The quantitative estimate of drug-likeness (QED) is 0.0431. The second-order valence-corrected chi connectivity index (χ2v) is 19.5. The van der Waals surface area contributed by atoms with Gasteiger partial charge < -0.3 is 24.3 Å². The molecule has 0 aliphatic carbocycles. The lowest BCUT2D eigenvalue weighted by Crippen LogP contribution is -2.13. The third kappa shape index (κ3) is 14.0. The molecule has 2 N–H and O–H groups in total. The second kappa shape index (κ2) is 27.3. The van der Waals surface area contributed by atoms with Gasteiger partial charge in [0.15, 0.2) is 5.82 Å². The topological polar surface area (TPSA) is 89.6 Å². The summed E-state index contributed by atoms with van der Waals surface area (Å²) in [6, 6.07) is 16.4. The minimum absolute atomic E-state index is 0.113. The van der Waals surface area contributed by atoms with Gasteiger partial charge in [0.2, 0.25) is 0 Å². The van der Waals surface area contributed by atoms with Gasteiger partial charge in [-0.3, -0.25) is 0 Å². The molecule has 0 aliphatic heterocycles. The Hall–Kier alpha value is -4.52. The third-order valence-electron chi connectivity index (χ3n) is 14.3. The Balaban J connectivity index is 1.58. The van der Waals surface area contributed by atoms with Crippen LogP contribution in [0.4, 0.5) is 0 Å². The first kappa shape index (κ1) is 52.4. The lowest BCUT2D eigenvalue weighted by Gasteiger charge is -2.21. The Kier molecular flexibility index (Phi) is 21.7. The molecule has 5 aromatic rings. The summed E-state index contributed by atoms with van der Waals surface area (Å²) in [7, 11) is 0. The maximum absolute atomic E-state index is 12.1. The molecular formula is C59H87N3O4. The van der Waals surface area contributed by atoms with E-state index in [0.717, 1.165) is 54.4 Å². The van der Waals surface area contributed by atoms with Gasteiger partial charge in [0.25, 0.3) is 0 Å². The summed E-state index contributed by atoms with van der Waals surface area (Å²) >= 11 is 0. The average Bonchev–Trinajstić information content (AvgIpc) is 3.69. The minimum atomic E-state index is 0.113. The number of fused-ring (bicyclic) bond motifs is 1. The number of hydrogen-bond donors (Lipinski definition) is 2. The molecule has 0 radical (unpaired) electrons. The molecule has 3 aromatic carbocycles. The number of nitrogens with zero attached hydrogens (tertiary/aromatic N) is 3. The summed E-state index contributed by atoms with van der Waals surface area (Å²) in [5.41, 5.74) is 6.99. The number of para-hydroxylation sites is 1. The van der Waals surface area contributed by atoms with E-state index in [2.05, 4.69) is 83.5 Å². The Bertz CT molecular complexity index is 2230. The van der Waals surface area contributed by atoms with Gasteiger partial charge in [-0.25, -0.2) is 9.97 Å². The molecule has 3 unspecified atom stereocenters. The molecule has 0 fully saturated rings. The second-order valence-electron chi connectivity index (χ2n) is 19.5. The van der Waals surface area contributed by atoms with Crippen molar-refractivity contribution in [3.63, 3.8) is 0 Å². The van der Waals surface area contributed by atoms with E-state index in [1.54, 1.807) is 0 Å². The summed E-state index contributed by atoms with van der Waals surface area (Å²) < 4.78 is 15.5. The van der Waals surface area contributed by atoms with E-state index in [1.165, 1.54) is 108 Å². The normalized spacial score (nSPS) is 13.0. The molecule has 0 aliphatic rings. The molecule has 0 saturated heterocycles. The summed E-state index contributed by atoms with van der Waals surface area (Å²) in [4.78, 5) is 10.6. The molecular weight excluding hydrogens is 815 g/mol. The van der Waals surface area contributed by atoms with Gasteiger partial charge in [-0.15, -0.1) is 0 Å². The number of phenolic OH excluding ortho intramolecular Hbond substituents is 2. The molecule has 7 nitrogen and oxygen atoms in total. The first-order valence-corrected chi connectivity index (χ1v) is 26.5. The third-order valence-corrected chi connectivity index (χ3v) is 14.3. The van der Waals surface area contributed by atoms with Crippen molar-refractivity contribution in [1.29, 1.82) is 0 Å². The fourth-order valence-electron chi connectivity index (χ4n) is 9.73. The lowest BCUT2D eigenvalue weighted by atomic mass is 9.96. The average molecular weight is 902 g/mol. The highest BCUT2D eigenvalue weighted by atomic mass is 16.5. The molecule has 0 spiro atoms. The van der Waals surface area contributed by atoms with Crippen LogP contribution in [0.2, 0.25) is 0 Å². The molecule has 66 heavy (non-hydrogen) atoms. The highest BCUT2D eigenvalue weighted by Gasteiger charge is 2.25. The molecule has 0 saturated carbocycles. The van der Waals surface area contributed by atoms with Gasteiger partial charge in [-0.2, -0.15) is 0 Å². The van der Waals surface area contributed by atoms with Crippen molar-refractivity contribution in [2.75, 3.05) is 13.2 Å². The van der Waals surface area contributed by atoms with E-state index < -0.39 is 0 Å². The lowest BCUT2D eigenvalue weighted by molar-refractivity contribution is 0.223. The van der Waals surface area contributed by atoms with Crippen LogP contribution in [0.15, 0.2) is 54.7 Å². The summed E-state index contributed by atoms with van der Waals surface area (Å²) in [6.07, 6.45) is 26.4. The van der Waals surface area contributed by atoms with Gasteiger partial charge >= 0.3 is 0 Å². The number of aromatic nitrogens is 3. The fourth-order valence-corrected chi connectivity index (χ4v) is 9.73. The van der Waals surface area contributed by atoms with Crippen molar-refractivity contribution in [3.05, 3.63) is 71.4 Å². The van der Waals surface area contributed by atoms with Crippen molar-refractivity contribution in [1.82, 2.24) is 14.5 Å². The molecule has 5 rings (SSSR count). The van der Waals surface area contributed by atoms with Crippen LogP contribution in [0.25, 0.3) is 44.8 Å². The Labute approximate surface area is 400 Å². The molecule has 2 aromatic heterocycles. The van der Waals surface area contributed by atoms with Crippen LogP contribution in [-0.4, -0.2) is 38.0 Å². The zero-order valence-electron chi connectivity index (χ0n) is 42.7. The first-order valence-electron chi connectivity index (χ1n) is 26.5. The largest absolute Gasteiger partial charge is 0.507 e. The highest BCUT2D eigenvalue weighted by Crippen LogP contribution is 2.44. The Morgan fingerprint density at radius 1 is 0.500 bits per heavy atom.